The summed E-state index contributed by atoms with van der Waals surface area (Å²) in [5.41, 5.74) is 2.25. The quantitative estimate of drug-likeness (QED) is 0.671. The molecule has 1 aromatic heterocycles. The second-order valence-corrected chi connectivity index (χ2v) is 6.66. The third-order valence-electron chi connectivity index (χ3n) is 4.94. The fraction of sp³-hybridized carbons (Fsp3) is 0.500. The van der Waals surface area contributed by atoms with E-state index in [1.807, 2.05) is 19.3 Å². The molecular formula is C20H28N4O. The molecule has 1 aliphatic rings. The van der Waals surface area contributed by atoms with Gasteiger partial charge in [0, 0.05) is 52.0 Å². The Hall–Kier alpha value is -2.14. The minimum Gasteiger partial charge on any atom is -0.381 e. The van der Waals surface area contributed by atoms with Crippen LogP contribution < -0.4 is 5.32 Å². The van der Waals surface area contributed by atoms with E-state index in [0.29, 0.717) is 0 Å². The summed E-state index contributed by atoms with van der Waals surface area (Å²) in [6.07, 6.45) is 5.40. The molecule has 1 saturated heterocycles. The molecule has 0 saturated carbocycles. The molecule has 1 N–H and O–H groups in total. The highest BCUT2D eigenvalue weighted by Crippen LogP contribution is 2.19. The van der Waals surface area contributed by atoms with Gasteiger partial charge in [0.1, 0.15) is 0 Å². The number of ether oxygens (including phenoxy) is 1. The van der Waals surface area contributed by atoms with E-state index in [0.717, 1.165) is 43.7 Å². The van der Waals surface area contributed by atoms with Gasteiger partial charge >= 0.3 is 0 Å². The maximum absolute atomic E-state index is 5.44. The molecule has 2 aromatic rings. The second kappa shape index (κ2) is 8.81. The molecular weight excluding hydrogens is 312 g/mol. The number of nitrogens with zero attached hydrogens (tertiary/aromatic N) is 3. The van der Waals surface area contributed by atoms with Crippen LogP contribution in [0, 0.1) is 5.92 Å². The summed E-state index contributed by atoms with van der Waals surface area (Å²) in [6, 6.07) is 10.4. The van der Waals surface area contributed by atoms with Gasteiger partial charge in [0.25, 0.3) is 0 Å². The van der Waals surface area contributed by atoms with Gasteiger partial charge in [-0.1, -0.05) is 24.3 Å². The highest BCUT2D eigenvalue weighted by molar-refractivity contribution is 5.83. The van der Waals surface area contributed by atoms with Gasteiger partial charge in [-0.15, -0.1) is 0 Å². The van der Waals surface area contributed by atoms with Gasteiger partial charge < -0.3 is 15.0 Å². The Morgan fingerprint density at radius 3 is 2.88 bits per heavy atom. The highest BCUT2D eigenvalue weighted by Gasteiger charge is 2.15. The summed E-state index contributed by atoms with van der Waals surface area (Å²) < 4.78 is 5.44. The van der Waals surface area contributed by atoms with Gasteiger partial charge in [-0.05, 0) is 36.8 Å². The summed E-state index contributed by atoms with van der Waals surface area (Å²) in [4.78, 5) is 11.2. The molecule has 3 rings (SSSR count). The third-order valence-corrected chi connectivity index (χ3v) is 4.94. The van der Waals surface area contributed by atoms with Crippen molar-refractivity contribution in [3.05, 3.63) is 42.1 Å². The molecule has 0 aliphatic carbocycles. The zero-order valence-electron chi connectivity index (χ0n) is 15.2. The first-order valence-electron chi connectivity index (χ1n) is 9.10. The summed E-state index contributed by atoms with van der Waals surface area (Å²) in [5, 5.41) is 4.65. The molecule has 1 fully saturated rings. The Balaban J connectivity index is 1.56. The number of pyridine rings is 1. The van der Waals surface area contributed by atoms with Crippen LogP contribution in [0.5, 0.6) is 0 Å². The molecule has 0 amide bonds. The lowest BCUT2D eigenvalue weighted by atomic mass is 9.96. The number of aromatic nitrogens is 1. The topological polar surface area (TPSA) is 49.8 Å². The monoisotopic (exact) mass is 340 g/mol. The first-order valence-corrected chi connectivity index (χ1v) is 9.10. The Morgan fingerprint density at radius 1 is 1.28 bits per heavy atom. The van der Waals surface area contributed by atoms with Crippen LogP contribution in [0.3, 0.4) is 0 Å². The van der Waals surface area contributed by atoms with Crippen LogP contribution in [0.25, 0.3) is 10.9 Å². The van der Waals surface area contributed by atoms with Gasteiger partial charge in [0.15, 0.2) is 5.96 Å². The minimum atomic E-state index is 0.725. The Kier molecular flexibility index (Phi) is 6.23. The molecule has 5 heteroatoms. The predicted octanol–water partition coefficient (Wildman–Crippen LogP) is 3.06. The number of benzene rings is 1. The van der Waals surface area contributed by atoms with Gasteiger partial charge in [-0.25, -0.2) is 0 Å². The first-order chi connectivity index (χ1) is 12.3. The van der Waals surface area contributed by atoms with Crippen molar-refractivity contribution in [3.63, 3.8) is 0 Å². The van der Waals surface area contributed by atoms with Crippen LogP contribution in [-0.2, 0) is 11.3 Å². The number of hydrogen-bond acceptors (Lipinski definition) is 3. The van der Waals surface area contributed by atoms with Crippen molar-refractivity contribution in [1.29, 1.82) is 0 Å². The number of guanidine groups is 1. The second-order valence-electron chi connectivity index (χ2n) is 6.66. The lowest BCUT2D eigenvalue weighted by Gasteiger charge is -2.27. The van der Waals surface area contributed by atoms with Gasteiger partial charge in [-0.3, -0.25) is 9.98 Å². The van der Waals surface area contributed by atoms with Crippen LogP contribution >= 0.6 is 0 Å². The van der Waals surface area contributed by atoms with Crippen molar-refractivity contribution in [2.45, 2.75) is 25.8 Å². The smallest absolute Gasteiger partial charge is 0.193 e. The molecule has 25 heavy (non-hydrogen) atoms. The van der Waals surface area contributed by atoms with E-state index in [1.165, 1.54) is 30.2 Å². The van der Waals surface area contributed by atoms with Crippen molar-refractivity contribution < 1.29 is 4.74 Å². The van der Waals surface area contributed by atoms with E-state index in [1.54, 1.807) is 0 Å². The normalized spacial score (nSPS) is 16.2. The lowest BCUT2D eigenvalue weighted by molar-refractivity contribution is 0.0625. The molecule has 0 spiro atoms. The molecule has 0 unspecified atom stereocenters. The van der Waals surface area contributed by atoms with Crippen molar-refractivity contribution in [2.24, 2.45) is 10.9 Å². The van der Waals surface area contributed by atoms with E-state index in [2.05, 4.69) is 51.5 Å². The van der Waals surface area contributed by atoms with E-state index in [9.17, 15) is 0 Å². The van der Waals surface area contributed by atoms with E-state index < -0.39 is 0 Å². The molecule has 0 atom stereocenters. The molecule has 2 heterocycles. The Bertz CT molecular complexity index is 704. The lowest BCUT2D eigenvalue weighted by Crippen LogP contribution is -2.39. The fourth-order valence-corrected chi connectivity index (χ4v) is 3.39. The number of hydrogen-bond donors (Lipinski definition) is 1. The molecule has 5 nitrogen and oxygen atoms in total. The summed E-state index contributed by atoms with van der Waals surface area (Å²) in [6.45, 7) is 3.56. The van der Waals surface area contributed by atoms with E-state index in [4.69, 9.17) is 4.74 Å². The zero-order valence-corrected chi connectivity index (χ0v) is 15.2. The standard InChI is InChI=1S/C20H28N4O/c1-21-20(24(2)12-8-16-9-13-25-14-10-16)23-15-18-6-3-5-17-7-4-11-22-19(17)18/h3-7,11,16H,8-10,12-15H2,1-2H3,(H,21,23). The predicted molar refractivity (Wildman–Crippen MR) is 103 cm³/mol. The number of aliphatic imine (C=N–C) groups is 1. The maximum Gasteiger partial charge on any atom is 0.193 e. The highest BCUT2D eigenvalue weighted by atomic mass is 16.5. The average molecular weight is 340 g/mol. The summed E-state index contributed by atoms with van der Waals surface area (Å²) >= 11 is 0. The zero-order chi connectivity index (χ0) is 17.5. The summed E-state index contributed by atoms with van der Waals surface area (Å²) in [5.74, 6) is 1.71. The SMILES string of the molecule is CN=C(NCc1cccc2cccnc12)N(C)CCC1CCOCC1. The van der Waals surface area contributed by atoms with Crippen LogP contribution in [0.1, 0.15) is 24.8 Å². The van der Waals surface area contributed by atoms with Crippen molar-refractivity contribution in [1.82, 2.24) is 15.2 Å². The number of para-hydroxylation sites is 1. The van der Waals surface area contributed by atoms with Crippen LogP contribution in [0.2, 0.25) is 0 Å². The minimum absolute atomic E-state index is 0.725. The van der Waals surface area contributed by atoms with Crippen molar-refractivity contribution in [3.8, 4) is 0 Å². The Morgan fingerprint density at radius 2 is 2.08 bits per heavy atom. The summed E-state index contributed by atoms with van der Waals surface area (Å²) in [7, 11) is 3.95. The Labute approximate surface area is 150 Å². The molecule has 1 aliphatic heterocycles. The molecule has 1 aromatic carbocycles. The largest absolute Gasteiger partial charge is 0.381 e. The molecule has 134 valence electrons. The van der Waals surface area contributed by atoms with Gasteiger partial charge in [0.2, 0.25) is 0 Å². The number of nitrogens with one attached hydrogen (secondary N) is 1. The molecule has 0 radical (unpaired) electrons. The first kappa shape index (κ1) is 17.7. The van der Waals surface area contributed by atoms with Gasteiger partial charge in [0.05, 0.1) is 5.52 Å². The van der Waals surface area contributed by atoms with Crippen molar-refractivity contribution >= 4 is 16.9 Å². The number of rotatable bonds is 5. The fourth-order valence-electron chi connectivity index (χ4n) is 3.39. The van der Waals surface area contributed by atoms with Crippen LogP contribution in [0.15, 0.2) is 41.5 Å². The van der Waals surface area contributed by atoms with E-state index in [-0.39, 0.29) is 0 Å². The van der Waals surface area contributed by atoms with Crippen LogP contribution in [-0.4, -0.2) is 49.7 Å². The van der Waals surface area contributed by atoms with Crippen molar-refractivity contribution in [2.75, 3.05) is 33.9 Å². The average Bonchev–Trinajstić information content (AvgIpc) is 2.67. The molecule has 0 bridgehead atoms. The van der Waals surface area contributed by atoms with Gasteiger partial charge in [-0.2, -0.15) is 0 Å². The number of fused-ring (bicyclic) bond motifs is 1. The third kappa shape index (κ3) is 4.69. The van der Waals surface area contributed by atoms with E-state index >= 15 is 0 Å². The maximum atomic E-state index is 5.44. The van der Waals surface area contributed by atoms with Crippen LogP contribution in [0.4, 0.5) is 0 Å².